The van der Waals surface area contributed by atoms with E-state index in [0.717, 1.165) is 18.3 Å². The topological polar surface area (TPSA) is 29.1 Å². The second-order valence-electron chi connectivity index (χ2n) is 3.90. The van der Waals surface area contributed by atoms with Crippen LogP contribution in [-0.4, -0.2) is 13.0 Å². The van der Waals surface area contributed by atoms with Crippen molar-refractivity contribution in [3.05, 3.63) is 0 Å². The fourth-order valence-corrected chi connectivity index (χ4v) is 2.75. The summed E-state index contributed by atoms with van der Waals surface area (Å²) in [7, 11) is 1.74. The Bertz CT molecular complexity index is 178. The number of nitrogens with one attached hydrogen (secondary N) is 1. The molecule has 2 rings (SSSR count). The average molecular weight is 153 g/mol. The van der Waals surface area contributed by atoms with Gasteiger partial charge in [-0.25, -0.2) is 0 Å². The fourth-order valence-electron chi connectivity index (χ4n) is 2.75. The molecule has 1 amide bonds. The number of rotatable bonds is 1. The molecule has 0 aromatic rings. The van der Waals surface area contributed by atoms with E-state index in [9.17, 15) is 4.79 Å². The molecule has 2 aliphatic rings. The van der Waals surface area contributed by atoms with Gasteiger partial charge < -0.3 is 5.32 Å². The Morgan fingerprint density at radius 1 is 1.36 bits per heavy atom. The summed E-state index contributed by atoms with van der Waals surface area (Å²) >= 11 is 0. The maximum atomic E-state index is 11.3. The third kappa shape index (κ3) is 1.05. The molecule has 2 aliphatic carbocycles. The zero-order valence-electron chi connectivity index (χ0n) is 6.97. The Balaban J connectivity index is 2.02. The third-order valence-electron chi connectivity index (χ3n) is 3.32. The van der Waals surface area contributed by atoms with E-state index in [4.69, 9.17) is 0 Å². The Labute approximate surface area is 67.4 Å². The molecule has 0 heterocycles. The van der Waals surface area contributed by atoms with Gasteiger partial charge in [0.25, 0.3) is 0 Å². The highest BCUT2D eigenvalue weighted by molar-refractivity contribution is 5.79. The molecule has 0 aliphatic heterocycles. The molecule has 11 heavy (non-hydrogen) atoms. The van der Waals surface area contributed by atoms with E-state index in [0.29, 0.717) is 5.92 Å². The lowest BCUT2D eigenvalue weighted by atomic mass is 9.88. The first-order valence-corrected chi connectivity index (χ1v) is 4.53. The SMILES string of the molecule is CNC(=O)[C@H]1C[C@H]2CC[C@@H]1C2. The summed E-state index contributed by atoms with van der Waals surface area (Å²) in [6, 6.07) is 0. The van der Waals surface area contributed by atoms with Crippen molar-refractivity contribution in [2.75, 3.05) is 7.05 Å². The summed E-state index contributed by atoms with van der Waals surface area (Å²) in [6.07, 6.45) is 5.14. The maximum Gasteiger partial charge on any atom is 0.223 e. The van der Waals surface area contributed by atoms with Crippen LogP contribution in [0.4, 0.5) is 0 Å². The second kappa shape index (κ2) is 2.50. The van der Waals surface area contributed by atoms with Gasteiger partial charge in [0.2, 0.25) is 5.91 Å². The summed E-state index contributed by atoms with van der Waals surface area (Å²) in [4.78, 5) is 11.3. The minimum absolute atomic E-state index is 0.275. The molecule has 2 saturated carbocycles. The van der Waals surface area contributed by atoms with Crippen molar-refractivity contribution in [2.45, 2.75) is 25.7 Å². The Kier molecular flexibility index (Phi) is 1.63. The van der Waals surface area contributed by atoms with Gasteiger partial charge in [0.05, 0.1) is 0 Å². The van der Waals surface area contributed by atoms with Gasteiger partial charge >= 0.3 is 0 Å². The molecular weight excluding hydrogens is 138 g/mol. The first-order valence-electron chi connectivity index (χ1n) is 4.53. The third-order valence-corrected chi connectivity index (χ3v) is 3.32. The minimum atomic E-state index is 0.275. The molecule has 0 spiro atoms. The van der Waals surface area contributed by atoms with Crippen molar-refractivity contribution in [3.63, 3.8) is 0 Å². The zero-order chi connectivity index (χ0) is 7.84. The molecule has 2 bridgehead atoms. The van der Waals surface area contributed by atoms with E-state index in [-0.39, 0.29) is 5.91 Å². The van der Waals surface area contributed by atoms with Crippen LogP contribution in [0.5, 0.6) is 0 Å². The summed E-state index contributed by atoms with van der Waals surface area (Å²) < 4.78 is 0. The molecule has 62 valence electrons. The Hall–Kier alpha value is -0.530. The van der Waals surface area contributed by atoms with E-state index >= 15 is 0 Å². The minimum Gasteiger partial charge on any atom is -0.359 e. The van der Waals surface area contributed by atoms with Crippen LogP contribution >= 0.6 is 0 Å². The van der Waals surface area contributed by atoms with E-state index in [2.05, 4.69) is 5.32 Å². The van der Waals surface area contributed by atoms with Gasteiger partial charge in [-0.2, -0.15) is 0 Å². The van der Waals surface area contributed by atoms with Gasteiger partial charge in [-0.05, 0) is 31.1 Å². The van der Waals surface area contributed by atoms with Crippen molar-refractivity contribution in [3.8, 4) is 0 Å². The first kappa shape index (κ1) is 7.14. The quantitative estimate of drug-likeness (QED) is 0.602. The van der Waals surface area contributed by atoms with Crippen LogP contribution in [0.25, 0.3) is 0 Å². The molecule has 3 atom stereocenters. The van der Waals surface area contributed by atoms with Crippen molar-refractivity contribution >= 4 is 5.91 Å². The van der Waals surface area contributed by atoms with Gasteiger partial charge in [0.1, 0.15) is 0 Å². The van der Waals surface area contributed by atoms with Gasteiger partial charge in [-0.15, -0.1) is 0 Å². The number of fused-ring (bicyclic) bond motifs is 2. The van der Waals surface area contributed by atoms with Gasteiger partial charge in [-0.1, -0.05) is 6.42 Å². The monoisotopic (exact) mass is 153 g/mol. The molecule has 0 saturated heterocycles. The number of carbonyl (C=O) groups is 1. The number of amides is 1. The predicted octanol–water partition coefficient (Wildman–Crippen LogP) is 1.17. The lowest BCUT2D eigenvalue weighted by Gasteiger charge is -2.19. The largest absolute Gasteiger partial charge is 0.359 e. The van der Waals surface area contributed by atoms with Crippen molar-refractivity contribution in [2.24, 2.45) is 17.8 Å². The summed E-state index contributed by atoms with van der Waals surface area (Å²) in [5.41, 5.74) is 0. The highest BCUT2D eigenvalue weighted by atomic mass is 16.1. The van der Waals surface area contributed by atoms with Crippen LogP contribution in [0.3, 0.4) is 0 Å². The molecule has 2 fully saturated rings. The zero-order valence-corrected chi connectivity index (χ0v) is 6.97. The standard InChI is InChI=1S/C9H15NO/c1-10-9(11)8-5-6-2-3-7(8)4-6/h6-8H,2-5H2,1H3,(H,10,11)/t6-,7+,8-/m0/s1. The molecule has 2 nitrogen and oxygen atoms in total. The summed E-state index contributed by atoms with van der Waals surface area (Å²) in [6.45, 7) is 0. The molecule has 0 unspecified atom stereocenters. The van der Waals surface area contributed by atoms with Crippen LogP contribution in [0.1, 0.15) is 25.7 Å². The van der Waals surface area contributed by atoms with Crippen LogP contribution in [-0.2, 0) is 4.79 Å². The van der Waals surface area contributed by atoms with Crippen LogP contribution in [0, 0.1) is 17.8 Å². The van der Waals surface area contributed by atoms with Crippen LogP contribution < -0.4 is 5.32 Å². The van der Waals surface area contributed by atoms with Crippen molar-refractivity contribution < 1.29 is 4.79 Å². The number of hydrogen-bond donors (Lipinski definition) is 1. The smallest absolute Gasteiger partial charge is 0.223 e. The van der Waals surface area contributed by atoms with E-state index in [1.54, 1.807) is 7.05 Å². The van der Waals surface area contributed by atoms with Gasteiger partial charge in [0, 0.05) is 13.0 Å². The van der Waals surface area contributed by atoms with Gasteiger partial charge in [0.15, 0.2) is 0 Å². The van der Waals surface area contributed by atoms with E-state index < -0.39 is 0 Å². The maximum absolute atomic E-state index is 11.3. The molecule has 2 heteroatoms. The average Bonchev–Trinajstić information content (AvgIpc) is 2.62. The summed E-state index contributed by atoms with van der Waals surface area (Å²) in [5.74, 6) is 2.23. The second-order valence-corrected chi connectivity index (χ2v) is 3.90. The predicted molar refractivity (Wildman–Crippen MR) is 43.0 cm³/mol. The van der Waals surface area contributed by atoms with Crippen molar-refractivity contribution in [1.29, 1.82) is 0 Å². The number of hydrogen-bond acceptors (Lipinski definition) is 1. The van der Waals surface area contributed by atoms with Crippen molar-refractivity contribution in [1.82, 2.24) is 5.32 Å². The van der Waals surface area contributed by atoms with E-state index in [1.165, 1.54) is 19.3 Å². The Morgan fingerprint density at radius 2 is 2.18 bits per heavy atom. The van der Waals surface area contributed by atoms with Gasteiger partial charge in [-0.3, -0.25) is 4.79 Å². The number of carbonyl (C=O) groups excluding carboxylic acids is 1. The highest BCUT2D eigenvalue weighted by Gasteiger charge is 2.42. The van der Waals surface area contributed by atoms with E-state index in [1.807, 2.05) is 0 Å². The molecule has 0 aromatic heterocycles. The molecule has 0 radical (unpaired) electrons. The first-order chi connectivity index (χ1) is 5.31. The van der Waals surface area contributed by atoms with Crippen LogP contribution in [0.15, 0.2) is 0 Å². The fraction of sp³-hybridized carbons (Fsp3) is 0.889. The summed E-state index contributed by atoms with van der Waals surface area (Å²) in [5, 5.41) is 2.75. The lowest BCUT2D eigenvalue weighted by molar-refractivity contribution is -0.126. The normalized spacial score (nSPS) is 41.0. The molecule has 0 aromatic carbocycles. The molecular formula is C9H15NO. The lowest BCUT2D eigenvalue weighted by Crippen LogP contribution is -2.30. The molecule has 1 N–H and O–H groups in total. The highest BCUT2D eigenvalue weighted by Crippen LogP contribution is 2.48. The Morgan fingerprint density at radius 3 is 2.64 bits per heavy atom. The van der Waals surface area contributed by atoms with Crippen LogP contribution in [0.2, 0.25) is 0 Å².